The molecule has 0 bridgehead atoms. The molecular formula is C35H48IrNO2-. The summed E-state index contributed by atoms with van der Waals surface area (Å²) in [5.74, 6) is 1.06. The van der Waals surface area contributed by atoms with Gasteiger partial charge in [-0.1, -0.05) is 86.6 Å². The summed E-state index contributed by atoms with van der Waals surface area (Å²) < 4.78 is 0. The van der Waals surface area contributed by atoms with Crippen molar-refractivity contribution in [1.29, 1.82) is 0 Å². The Labute approximate surface area is 250 Å². The van der Waals surface area contributed by atoms with E-state index in [1.165, 1.54) is 22.6 Å². The van der Waals surface area contributed by atoms with Crippen LogP contribution in [0.25, 0.3) is 22.2 Å². The zero-order chi connectivity index (χ0) is 28.5. The number of hydrogen-bond acceptors (Lipinski definition) is 3. The SMILES string of the molecule is CCC(CC)/C(O)=C/C(=O)C(C)(CC)CC.Cc1[c-]c(-c2cc(CC(C)C)c3ccccc3n2)cc(C)c1.[Ir]. The summed E-state index contributed by atoms with van der Waals surface area (Å²) in [5, 5.41) is 11.1. The van der Waals surface area contributed by atoms with Crippen molar-refractivity contribution < 1.29 is 30.0 Å². The van der Waals surface area contributed by atoms with Gasteiger partial charge < -0.3 is 5.11 Å². The Bertz CT molecular complexity index is 1220. The molecule has 1 radical (unpaired) electrons. The van der Waals surface area contributed by atoms with E-state index >= 15 is 0 Å². The van der Waals surface area contributed by atoms with Gasteiger partial charge in [-0.3, -0.25) is 9.78 Å². The molecule has 3 rings (SSSR count). The second kappa shape index (κ2) is 16.1. The molecule has 0 spiro atoms. The van der Waals surface area contributed by atoms with Crippen molar-refractivity contribution in [3.05, 3.63) is 77.1 Å². The first kappa shape index (κ1) is 34.7. The number of aliphatic hydroxyl groups is 1. The normalized spacial score (nSPS) is 11.8. The van der Waals surface area contributed by atoms with Crippen LogP contribution in [0.2, 0.25) is 0 Å². The van der Waals surface area contributed by atoms with E-state index in [4.69, 9.17) is 4.98 Å². The number of ketones is 1. The first-order valence-corrected chi connectivity index (χ1v) is 14.3. The maximum atomic E-state index is 12.0. The second-order valence-corrected chi connectivity index (χ2v) is 11.3. The molecule has 39 heavy (non-hydrogen) atoms. The molecule has 1 heterocycles. The third-order valence-electron chi connectivity index (χ3n) is 7.69. The van der Waals surface area contributed by atoms with Gasteiger partial charge in [-0.15, -0.1) is 34.9 Å². The van der Waals surface area contributed by atoms with E-state index in [9.17, 15) is 9.90 Å². The Balaban J connectivity index is 0.000000402. The zero-order valence-electron chi connectivity index (χ0n) is 25.4. The van der Waals surface area contributed by atoms with E-state index in [1.807, 2.05) is 34.6 Å². The van der Waals surface area contributed by atoms with Gasteiger partial charge in [0.2, 0.25) is 0 Å². The molecule has 0 aliphatic carbocycles. The van der Waals surface area contributed by atoms with Crippen molar-refractivity contribution in [2.45, 2.75) is 94.4 Å². The minimum atomic E-state index is -0.319. The number of hydrogen-bond donors (Lipinski definition) is 1. The summed E-state index contributed by atoms with van der Waals surface area (Å²) >= 11 is 0. The van der Waals surface area contributed by atoms with Crippen molar-refractivity contribution >= 4 is 16.7 Å². The summed E-state index contributed by atoms with van der Waals surface area (Å²) in [7, 11) is 0. The molecule has 0 saturated heterocycles. The summed E-state index contributed by atoms with van der Waals surface area (Å²) in [6.45, 7) is 18.8. The van der Waals surface area contributed by atoms with E-state index in [1.54, 1.807) is 0 Å². The molecule has 215 valence electrons. The Kier molecular flexibility index (Phi) is 14.3. The number of benzene rings is 2. The quantitative estimate of drug-likeness (QED) is 0.130. The van der Waals surface area contributed by atoms with Gasteiger partial charge in [-0.2, -0.15) is 0 Å². The molecule has 0 amide bonds. The fraction of sp³-hybridized carbons (Fsp3) is 0.486. The summed E-state index contributed by atoms with van der Waals surface area (Å²) in [4.78, 5) is 16.9. The molecule has 4 heteroatoms. The van der Waals surface area contributed by atoms with E-state index in [0.29, 0.717) is 5.92 Å². The molecule has 0 unspecified atom stereocenters. The number of pyridine rings is 1. The van der Waals surface area contributed by atoms with Crippen LogP contribution in [0.15, 0.2) is 54.3 Å². The summed E-state index contributed by atoms with van der Waals surface area (Å²) in [6, 6.07) is 18.4. The predicted octanol–water partition coefficient (Wildman–Crippen LogP) is 9.77. The number of fused-ring (bicyclic) bond motifs is 1. The van der Waals surface area contributed by atoms with Crippen LogP contribution >= 0.6 is 0 Å². The molecule has 1 aromatic heterocycles. The van der Waals surface area contributed by atoms with Gasteiger partial charge in [-0.05, 0) is 55.3 Å². The molecule has 0 aliphatic rings. The molecule has 0 aliphatic heterocycles. The topological polar surface area (TPSA) is 50.2 Å². The molecule has 3 nitrogen and oxygen atoms in total. The largest absolute Gasteiger partial charge is 0.512 e. The molecule has 1 N–H and O–H groups in total. The third-order valence-corrected chi connectivity index (χ3v) is 7.69. The van der Waals surface area contributed by atoms with Gasteiger partial charge in [0.15, 0.2) is 5.78 Å². The number of allylic oxidation sites excluding steroid dienone is 2. The number of para-hydroxylation sites is 1. The van der Waals surface area contributed by atoms with Crippen LogP contribution in [0.5, 0.6) is 0 Å². The maximum absolute atomic E-state index is 12.0. The maximum Gasteiger partial charge on any atom is 0.164 e. The Hall–Kier alpha value is -2.29. The molecule has 0 fully saturated rings. The molecule has 3 aromatic rings. The average molecular weight is 707 g/mol. The van der Waals surface area contributed by atoms with Crippen LogP contribution in [0.3, 0.4) is 0 Å². The van der Waals surface area contributed by atoms with E-state index < -0.39 is 0 Å². The molecule has 0 atom stereocenters. The van der Waals surface area contributed by atoms with Crippen LogP contribution < -0.4 is 0 Å². The number of aryl methyl sites for hydroxylation is 2. The third kappa shape index (κ3) is 9.69. The van der Waals surface area contributed by atoms with Gasteiger partial charge >= 0.3 is 0 Å². The monoisotopic (exact) mass is 707 g/mol. The van der Waals surface area contributed by atoms with Gasteiger partial charge in [0, 0.05) is 42.9 Å². The van der Waals surface area contributed by atoms with Crippen LogP contribution in [-0.2, 0) is 31.3 Å². The van der Waals surface area contributed by atoms with Crippen LogP contribution in [0, 0.1) is 37.2 Å². The minimum Gasteiger partial charge on any atom is -0.512 e. The minimum absolute atomic E-state index is 0. The fourth-order valence-electron chi connectivity index (χ4n) is 4.76. The summed E-state index contributed by atoms with van der Waals surface area (Å²) in [5.41, 5.74) is 6.67. The van der Waals surface area contributed by atoms with Gasteiger partial charge in [-0.25, -0.2) is 0 Å². The van der Waals surface area contributed by atoms with Crippen molar-refractivity contribution in [3.63, 3.8) is 0 Å². The van der Waals surface area contributed by atoms with Crippen molar-refractivity contribution in [2.75, 3.05) is 0 Å². The number of aliphatic hydroxyl groups excluding tert-OH is 1. The predicted molar refractivity (Wildman–Crippen MR) is 163 cm³/mol. The van der Waals surface area contributed by atoms with E-state index in [2.05, 4.69) is 76.2 Å². The summed E-state index contributed by atoms with van der Waals surface area (Å²) in [6.07, 6.45) is 5.90. The number of carbonyl (C=O) groups excluding carboxylic acids is 1. The first-order valence-electron chi connectivity index (χ1n) is 14.3. The number of nitrogens with zero attached hydrogens (tertiary/aromatic N) is 1. The molecule has 2 aromatic carbocycles. The number of aromatic nitrogens is 1. The second-order valence-electron chi connectivity index (χ2n) is 11.3. The van der Waals surface area contributed by atoms with Gasteiger partial charge in [0.1, 0.15) is 0 Å². The number of rotatable bonds is 10. The van der Waals surface area contributed by atoms with Crippen molar-refractivity contribution in [1.82, 2.24) is 4.98 Å². The molecule has 0 saturated carbocycles. The Morgan fingerprint density at radius 2 is 1.64 bits per heavy atom. The van der Waals surface area contributed by atoms with E-state index in [-0.39, 0.29) is 43.0 Å². The van der Waals surface area contributed by atoms with Crippen molar-refractivity contribution in [2.24, 2.45) is 17.3 Å². The van der Waals surface area contributed by atoms with Crippen LogP contribution in [0.4, 0.5) is 0 Å². The Morgan fingerprint density at radius 1 is 1.03 bits per heavy atom. The molecular weight excluding hydrogens is 659 g/mol. The smallest absolute Gasteiger partial charge is 0.164 e. The van der Waals surface area contributed by atoms with E-state index in [0.717, 1.165) is 54.4 Å². The van der Waals surface area contributed by atoms with Crippen LogP contribution in [-0.4, -0.2) is 15.9 Å². The van der Waals surface area contributed by atoms with Crippen LogP contribution in [0.1, 0.15) is 90.8 Å². The fourth-order valence-corrected chi connectivity index (χ4v) is 4.76. The Morgan fingerprint density at radius 3 is 2.18 bits per heavy atom. The van der Waals surface area contributed by atoms with Crippen molar-refractivity contribution in [3.8, 4) is 11.3 Å². The zero-order valence-corrected chi connectivity index (χ0v) is 27.8. The number of carbonyl (C=O) groups is 1. The average Bonchev–Trinajstić information content (AvgIpc) is 2.88. The van der Waals surface area contributed by atoms with Gasteiger partial charge in [0.05, 0.1) is 11.3 Å². The standard InChI is InChI=1S/C21H22N.C14H26O2.Ir/c1-14(2)9-17-13-21(18-11-15(3)10-16(4)12-18)22-20-8-6-5-7-19(17)20;1-6-11(7-2)12(15)10-13(16)14(5,8-3)9-4;/h5-8,10-11,13-14H,9H2,1-4H3;10-11,15H,6-9H2,1-5H3;/q-1;;/b;12-10-;. The first-order chi connectivity index (χ1) is 18.0. The van der Waals surface area contributed by atoms with Gasteiger partial charge in [0.25, 0.3) is 0 Å².